The summed E-state index contributed by atoms with van der Waals surface area (Å²) >= 11 is 0. The van der Waals surface area contributed by atoms with Gasteiger partial charge in [-0.15, -0.1) is 0 Å². The van der Waals surface area contributed by atoms with E-state index in [-0.39, 0.29) is 23.0 Å². The molecule has 1 saturated carbocycles. The van der Waals surface area contributed by atoms with Gasteiger partial charge in [-0.25, -0.2) is 0 Å². The van der Waals surface area contributed by atoms with Gasteiger partial charge in [0.05, 0.1) is 6.42 Å². The number of carbonyl (C=O) groups is 1. The van der Waals surface area contributed by atoms with Crippen LogP contribution in [0.15, 0.2) is 18.2 Å². The van der Waals surface area contributed by atoms with E-state index in [0.29, 0.717) is 12.5 Å². The quantitative estimate of drug-likeness (QED) is 0.615. The zero-order valence-electron chi connectivity index (χ0n) is 8.92. The number of hydrogen-bond acceptors (Lipinski definition) is 2. The number of nitrogens with zero attached hydrogens (tertiary/aromatic N) is 1. The van der Waals surface area contributed by atoms with Gasteiger partial charge in [0.15, 0.2) is 0 Å². The Bertz CT molecular complexity index is 429. The van der Waals surface area contributed by atoms with Crippen molar-refractivity contribution in [2.45, 2.75) is 31.7 Å². The molecule has 3 rings (SSSR count). The molecule has 1 heterocycles. The first-order valence-corrected chi connectivity index (χ1v) is 5.46. The van der Waals surface area contributed by atoms with Crippen molar-refractivity contribution >= 4 is 17.3 Å². The molecule has 2 aliphatic rings. The number of nitrogens with two attached hydrogens (primary N) is 1. The number of fused-ring (bicyclic) bond motifs is 1. The van der Waals surface area contributed by atoms with Gasteiger partial charge in [0.1, 0.15) is 0 Å². The van der Waals surface area contributed by atoms with Crippen molar-refractivity contribution in [1.82, 2.24) is 0 Å². The number of carbonyl (C=O) groups excluding carboxylic acids is 1. The fourth-order valence-electron chi connectivity index (χ4n) is 2.41. The molecule has 0 atom stereocenters. The Morgan fingerprint density at radius 2 is 2.06 bits per heavy atom. The Morgan fingerprint density at radius 1 is 1.31 bits per heavy atom. The van der Waals surface area contributed by atoms with Crippen LogP contribution < -0.4 is 10.6 Å². The Kier molecular flexibility index (Phi) is 2.95. The number of anilines is 2. The van der Waals surface area contributed by atoms with Gasteiger partial charge < -0.3 is 10.6 Å². The fourth-order valence-corrected chi connectivity index (χ4v) is 2.41. The standard InChI is InChI=1S/C12H14N2O.Fe/c13-9-4-5-11-8(6-9)7-12(15)14(11)10-2-1-3-10;/h4-6,10H,1-3,7,13H2;. The first-order chi connectivity index (χ1) is 7.25. The molecule has 1 aromatic carbocycles. The van der Waals surface area contributed by atoms with E-state index in [1.54, 1.807) is 0 Å². The minimum atomic E-state index is 0. The SMILES string of the molecule is Nc1ccc2c(c1)CC(=O)N2C1CCC1.[Fe]. The Hall–Kier alpha value is -0.991. The minimum absolute atomic E-state index is 0. The van der Waals surface area contributed by atoms with Crippen LogP contribution in [0.1, 0.15) is 24.8 Å². The molecule has 0 aromatic heterocycles. The number of hydrogen-bond donors (Lipinski definition) is 1. The second kappa shape index (κ2) is 4.11. The molecular weight excluding hydrogens is 244 g/mol. The van der Waals surface area contributed by atoms with Gasteiger partial charge in [0.2, 0.25) is 5.91 Å². The molecule has 0 unspecified atom stereocenters. The van der Waals surface area contributed by atoms with Crippen LogP contribution in [-0.2, 0) is 28.3 Å². The number of benzene rings is 1. The van der Waals surface area contributed by atoms with E-state index in [2.05, 4.69) is 0 Å². The van der Waals surface area contributed by atoms with E-state index in [4.69, 9.17) is 5.73 Å². The first-order valence-electron chi connectivity index (χ1n) is 5.46. The Morgan fingerprint density at radius 3 is 2.69 bits per heavy atom. The second-order valence-electron chi connectivity index (χ2n) is 4.41. The number of rotatable bonds is 1. The van der Waals surface area contributed by atoms with E-state index in [1.807, 2.05) is 23.1 Å². The summed E-state index contributed by atoms with van der Waals surface area (Å²) in [6.45, 7) is 0. The molecule has 86 valence electrons. The van der Waals surface area contributed by atoms with Crippen LogP contribution in [-0.4, -0.2) is 11.9 Å². The maximum atomic E-state index is 11.9. The van der Waals surface area contributed by atoms with Gasteiger partial charge in [0, 0.05) is 34.5 Å². The molecule has 16 heavy (non-hydrogen) atoms. The molecular formula is C12H14FeN2O. The maximum Gasteiger partial charge on any atom is 0.231 e. The summed E-state index contributed by atoms with van der Waals surface area (Å²) in [5.41, 5.74) is 8.63. The maximum absolute atomic E-state index is 11.9. The number of amides is 1. The zero-order chi connectivity index (χ0) is 10.4. The summed E-state index contributed by atoms with van der Waals surface area (Å²) in [6.07, 6.45) is 4.07. The summed E-state index contributed by atoms with van der Waals surface area (Å²) in [4.78, 5) is 13.8. The monoisotopic (exact) mass is 258 g/mol. The van der Waals surface area contributed by atoms with Crippen molar-refractivity contribution in [3.8, 4) is 0 Å². The van der Waals surface area contributed by atoms with Crippen molar-refractivity contribution in [3.05, 3.63) is 23.8 Å². The van der Waals surface area contributed by atoms with E-state index in [1.165, 1.54) is 6.42 Å². The first kappa shape index (κ1) is 11.5. The Balaban J connectivity index is 0.000000963. The molecule has 0 bridgehead atoms. The Labute approximate surface area is 105 Å². The summed E-state index contributed by atoms with van der Waals surface area (Å²) in [7, 11) is 0. The molecule has 0 saturated heterocycles. The number of nitrogen functional groups attached to an aromatic ring is 1. The topological polar surface area (TPSA) is 46.3 Å². The zero-order valence-corrected chi connectivity index (χ0v) is 10.0. The summed E-state index contributed by atoms with van der Waals surface area (Å²) < 4.78 is 0. The largest absolute Gasteiger partial charge is 0.399 e. The summed E-state index contributed by atoms with van der Waals surface area (Å²) in [5, 5.41) is 0. The van der Waals surface area contributed by atoms with Gasteiger partial charge in [-0.05, 0) is 43.0 Å². The van der Waals surface area contributed by atoms with Crippen LogP contribution in [0, 0.1) is 0 Å². The third kappa shape index (κ3) is 1.62. The van der Waals surface area contributed by atoms with Crippen LogP contribution >= 0.6 is 0 Å². The van der Waals surface area contributed by atoms with Crippen LogP contribution in [0.2, 0.25) is 0 Å². The van der Waals surface area contributed by atoms with Gasteiger partial charge >= 0.3 is 0 Å². The van der Waals surface area contributed by atoms with Gasteiger partial charge in [0.25, 0.3) is 0 Å². The van der Waals surface area contributed by atoms with Gasteiger partial charge in [-0.1, -0.05) is 0 Å². The van der Waals surface area contributed by atoms with Crippen LogP contribution in [0.25, 0.3) is 0 Å². The van der Waals surface area contributed by atoms with Crippen LogP contribution in [0.5, 0.6) is 0 Å². The molecule has 1 amide bonds. The van der Waals surface area contributed by atoms with E-state index in [0.717, 1.165) is 29.8 Å². The van der Waals surface area contributed by atoms with Crippen LogP contribution in [0.4, 0.5) is 11.4 Å². The van der Waals surface area contributed by atoms with Gasteiger partial charge in [-0.3, -0.25) is 4.79 Å². The molecule has 2 N–H and O–H groups in total. The summed E-state index contributed by atoms with van der Waals surface area (Å²) in [5.74, 6) is 0.236. The molecule has 0 spiro atoms. The molecule has 1 aliphatic carbocycles. The summed E-state index contributed by atoms with van der Waals surface area (Å²) in [6, 6.07) is 6.23. The van der Waals surface area contributed by atoms with Crippen LogP contribution in [0.3, 0.4) is 0 Å². The van der Waals surface area contributed by atoms with Crippen molar-refractivity contribution in [2.24, 2.45) is 0 Å². The third-order valence-corrected chi connectivity index (χ3v) is 3.41. The molecule has 0 radical (unpaired) electrons. The molecule has 4 heteroatoms. The fraction of sp³-hybridized carbons (Fsp3) is 0.417. The normalized spacial score (nSPS) is 19.0. The molecule has 3 nitrogen and oxygen atoms in total. The minimum Gasteiger partial charge on any atom is -0.399 e. The second-order valence-corrected chi connectivity index (χ2v) is 4.41. The predicted molar refractivity (Wildman–Crippen MR) is 59.7 cm³/mol. The average Bonchev–Trinajstić information content (AvgIpc) is 2.40. The molecule has 1 fully saturated rings. The molecule has 1 aliphatic heterocycles. The van der Waals surface area contributed by atoms with E-state index in [9.17, 15) is 4.79 Å². The van der Waals surface area contributed by atoms with E-state index < -0.39 is 0 Å². The van der Waals surface area contributed by atoms with E-state index >= 15 is 0 Å². The average molecular weight is 258 g/mol. The molecule has 1 aromatic rings. The van der Waals surface area contributed by atoms with Gasteiger partial charge in [-0.2, -0.15) is 0 Å². The smallest absolute Gasteiger partial charge is 0.231 e. The van der Waals surface area contributed by atoms with Crippen molar-refractivity contribution < 1.29 is 21.9 Å². The predicted octanol–water partition coefficient (Wildman–Crippen LogP) is 1.71. The van der Waals surface area contributed by atoms with Crippen molar-refractivity contribution in [1.29, 1.82) is 0 Å². The third-order valence-electron chi connectivity index (χ3n) is 3.41. The van der Waals surface area contributed by atoms with Crippen molar-refractivity contribution in [3.63, 3.8) is 0 Å². The van der Waals surface area contributed by atoms with Crippen molar-refractivity contribution in [2.75, 3.05) is 10.6 Å².